The van der Waals surface area contributed by atoms with Gasteiger partial charge in [-0.05, 0) is 30.3 Å². The molecule has 0 heterocycles. The molecule has 0 aliphatic carbocycles. The molecule has 0 spiro atoms. The van der Waals surface area contributed by atoms with E-state index in [1.165, 1.54) is 6.07 Å². The van der Waals surface area contributed by atoms with Crippen molar-refractivity contribution in [2.45, 2.75) is 0 Å². The van der Waals surface area contributed by atoms with Crippen molar-refractivity contribution in [2.24, 2.45) is 0 Å². The molecular weight excluding hydrogens is 365 g/mol. The van der Waals surface area contributed by atoms with E-state index in [-0.39, 0.29) is 12.4 Å². The second-order valence-electron chi connectivity index (χ2n) is 5.31. The van der Waals surface area contributed by atoms with Crippen LogP contribution in [0.4, 0.5) is 5.69 Å². The van der Waals surface area contributed by atoms with E-state index in [9.17, 15) is 9.59 Å². The third-order valence-corrected chi connectivity index (χ3v) is 3.74. The maximum Gasteiger partial charge on any atom is 0.276 e. The molecule has 132 valence electrons. The van der Waals surface area contributed by atoms with Crippen LogP contribution in [-0.4, -0.2) is 32.5 Å². The average molecular weight is 382 g/mol. The van der Waals surface area contributed by atoms with Crippen molar-refractivity contribution in [2.75, 3.05) is 25.6 Å². The largest absolute Gasteiger partial charge is 0.482 e. The lowest BCUT2D eigenvalue weighted by molar-refractivity contribution is -0.123. The summed E-state index contributed by atoms with van der Waals surface area (Å²) >= 11 is 11.8. The fourth-order valence-electron chi connectivity index (χ4n) is 1.89. The normalized spacial score (nSPS) is 10.1. The van der Waals surface area contributed by atoms with E-state index in [1.54, 1.807) is 30.3 Å². The van der Waals surface area contributed by atoms with E-state index in [1.807, 2.05) is 25.1 Å². The number of benzene rings is 2. The van der Waals surface area contributed by atoms with Gasteiger partial charge in [-0.15, -0.1) is 0 Å². The van der Waals surface area contributed by atoms with Crippen LogP contribution in [0.15, 0.2) is 42.5 Å². The molecule has 0 radical (unpaired) electrons. The van der Waals surface area contributed by atoms with E-state index in [0.29, 0.717) is 15.6 Å². The van der Waals surface area contributed by atoms with E-state index in [2.05, 4.69) is 10.9 Å². The summed E-state index contributed by atoms with van der Waals surface area (Å²) in [6, 6.07) is 11.7. The molecule has 2 amide bonds. The number of rotatable bonds is 5. The summed E-state index contributed by atoms with van der Waals surface area (Å²) < 4.78 is 5.28. The Balaban J connectivity index is 1.86. The monoisotopic (exact) mass is 381 g/mol. The van der Waals surface area contributed by atoms with Gasteiger partial charge in [-0.1, -0.05) is 29.3 Å². The summed E-state index contributed by atoms with van der Waals surface area (Å²) in [5.74, 6) is -0.680. The van der Waals surface area contributed by atoms with Gasteiger partial charge in [-0.25, -0.2) is 0 Å². The highest BCUT2D eigenvalue weighted by Crippen LogP contribution is 2.27. The first-order chi connectivity index (χ1) is 11.9. The predicted octanol–water partition coefficient (Wildman–Crippen LogP) is 2.90. The number of nitrogens with zero attached hydrogens (tertiary/aromatic N) is 1. The highest BCUT2D eigenvalue weighted by molar-refractivity contribution is 6.34. The molecule has 0 saturated heterocycles. The molecule has 2 rings (SSSR count). The van der Waals surface area contributed by atoms with E-state index < -0.39 is 11.8 Å². The average Bonchev–Trinajstić information content (AvgIpc) is 2.60. The zero-order valence-corrected chi connectivity index (χ0v) is 15.2. The summed E-state index contributed by atoms with van der Waals surface area (Å²) in [4.78, 5) is 25.7. The Hall–Kier alpha value is -2.44. The minimum Gasteiger partial charge on any atom is -0.482 e. The van der Waals surface area contributed by atoms with Crippen LogP contribution in [-0.2, 0) is 4.79 Å². The van der Waals surface area contributed by atoms with Gasteiger partial charge >= 0.3 is 0 Å². The molecule has 25 heavy (non-hydrogen) atoms. The number of carbonyl (C=O) groups excluding carboxylic acids is 2. The van der Waals surface area contributed by atoms with Crippen molar-refractivity contribution in [3.63, 3.8) is 0 Å². The minimum atomic E-state index is -0.534. The van der Waals surface area contributed by atoms with Crippen LogP contribution in [0.2, 0.25) is 10.0 Å². The van der Waals surface area contributed by atoms with E-state index in [4.69, 9.17) is 27.9 Å². The van der Waals surface area contributed by atoms with Gasteiger partial charge in [0.05, 0.1) is 5.02 Å². The van der Waals surface area contributed by atoms with E-state index >= 15 is 0 Å². The number of amides is 2. The summed E-state index contributed by atoms with van der Waals surface area (Å²) in [7, 11) is 3.74. The van der Waals surface area contributed by atoms with Gasteiger partial charge in [0, 0.05) is 36.4 Å². The zero-order valence-electron chi connectivity index (χ0n) is 13.7. The fraction of sp³-hybridized carbons (Fsp3) is 0.176. The van der Waals surface area contributed by atoms with Crippen LogP contribution in [0.25, 0.3) is 0 Å². The molecule has 6 nitrogen and oxygen atoms in total. The molecular formula is C17H17Cl2N3O3. The van der Waals surface area contributed by atoms with Crippen LogP contribution in [0.1, 0.15) is 10.4 Å². The number of hydrogen-bond acceptors (Lipinski definition) is 4. The van der Waals surface area contributed by atoms with Gasteiger partial charge in [-0.2, -0.15) is 0 Å². The molecule has 2 aromatic carbocycles. The van der Waals surface area contributed by atoms with Gasteiger partial charge in [0.1, 0.15) is 5.75 Å². The Morgan fingerprint density at radius 3 is 2.56 bits per heavy atom. The number of ether oxygens (including phenoxy) is 1. The first-order valence-corrected chi connectivity index (χ1v) is 8.07. The molecule has 0 aliphatic heterocycles. The topological polar surface area (TPSA) is 70.7 Å². The molecule has 2 N–H and O–H groups in total. The number of nitrogens with one attached hydrogen (secondary N) is 2. The predicted molar refractivity (Wildman–Crippen MR) is 98.3 cm³/mol. The Kier molecular flexibility index (Phi) is 6.50. The van der Waals surface area contributed by atoms with Crippen molar-refractivity contribution < 1.29 is 14.3 Å². The van der Waals surface area contributed by atoms with Crippen molar-refractivity contribution in [3.05, 3.63) is 58.1 Å². The molecule has 8 heteroatoms. The maximum atomic E-state index is 12.1. The zero-order chi connectivity index (χ0) is 18.4. The van der Waals surface area contributed by atoms with Gasteiger partial charge in [-0.3, -0.25) is 20.4 Å². The number of halogens is 2. The summed E-state index contributed by atoms with van der Waals surface area (Å²) in [6.07, 6.45) is 0. The molecule has 2 aromatic rings. The third-order valence-electron chi connectivity index (χ3n) is 3.19. The first kappa shape index (κ1) is 18.9. The lowest BCUT2D eigenvalue weighted by Crippen LogP contribution is -2.43. The molecule has 0 saturated carbocycles. The van der Waals surface area contributed by atoms with Crippen LogP contribution in [0.3, 0.4) is 0 Å². The van der Waals surface area contributed by atoms with Crippen LogP contribution < -0.4 is 20.5 Å². The molecule has 0 aliphatic rings. The lowest BCUT2D eigenvalue weighted by Gasteiger charge is -2.14. The summed E-state index contributed by atoms with van der Waals surface area (Å²) in [6.45, 7) is -0.321. The minimum absolute atomic E-state index is 0.286. The molecule has 0 bridgehead atoms. The van der Waals surface area contributed by atoms with Crippen molar-refractivity contribution in [3.8, 4) is 5.75 Å². The highest BCUT2D eigenvalue weighted by atomic mass is 35.5. The quantitative estimate of drug-likeness (QED) is 0.781. The van der Waals surface area contributed by atoms with Gasteiger partial charge in [0.15, 0.2) is 6.61 Å². The van der Waals surface area contributed by atoms with Crippen molar-refractivity contribution in [1.82, 2.24) is 10.9 Å². The lowest BCUT2D eigenvalue weighted by atomic mass is 10.2. The maximum absolute atomic E-state index is 12.1. The Morgan fingerprint density at radius 2 is 1.84 bits per heavy atom. The number of anilines is 1. The SMILES string of the molecule is CN(C)c1cccc(C(=O)NNC(=O)COc2cc(Cl)ccc2Cl)c1. The van der Waals surface area contributed by atoms with Gasteiger partial charge < -0.3 is 9.64 Å². The smallest absolute Gasteiger partial charge is 0.276 e. The van der Waals surface area contributed by atoms with Gasteiger partial charge in [0.25, 0.3) is 11.8 Å². The molecule has 0 atom stereocenters. The van der Waals surface area contributed by atoms with Crippen LogP contribution in [0.5, 0.6) is 5.75 Å². The second-order valence-corrected chi connectivity index (χ2v) is 6.15. The van der Waals surface area contributed by atoms with Crippen LogP contribution in [0, 0.1) is 0 Å². The summed E-state index contributed by atoms with van der Waals surface area (Å²) in [5, 5.41) is 0.774. The number of carbonyl (C=O) groups is 2. The molecule has 0 aromatic heterocycles. The highest BCUT2D eigenvalue weighted by Gasteiger charge is 2.10. The second kappa shape index (κ2) is 8.60. The number of hydrazine groups is 1. The molecule has 0 unspecified atom stereocenters. The standard InChI is InChI=1S/C17H17Cl2N3O3/c1-22(2)13-5-3-4-11(8-13)17(24)21-20-16(23)10-25-15-9-12(18)6-7-14(15)19/h3-9H,10H2,1-2H3,(H,20,23)(H,21,24). The van der Waals surface area contributed by atoms with Gasteiger partial charge in [0.2, 0.25) is 0 Å². The fourth-order valence-corrected chi connectivity index (χ4v) is 2.23. The van der Waals surface area contributed by atoms with Crippen LogP contribution >= 0.6 is 23.2 Å². The summed E-state index contributed by atoms with van der Waals surface area (Å²) in [5.41, 5.74) is 5.91. The number of hydrogen-bond donors (Lipinski definition) is 2. The van der Waals surface area contributed by atoms with Crippen molar-refractivity contribution >= 4 is 40.7 Å². The molecule has 0 fully saturated rings. The van der Waals surface area contributed by atoms with Crippen molar-refractivity contribution in [1.29, 1.82) is 0 Å². The Morgan fingerprint density at radius 1 is 1.08 bits per heavy atom. The Bertz CT molecular complexity index is 781. The Labute approximate surface area is 155 Å². The van der Waals surface area contributed by atoms with E-state index in [0.717, 1.165) is 5.69 Å². The third kappa shape index (κ3) is 5.55. The first-order valence-electron chi connectivity index (χ1n) is 7.31.